The molecule has 3 atom stereocenters. The Morgan fingerprint density at radius 3 is 1.56 bits per heavy atom. The van der Waals surface area contributed by atoms with Crippen molar-refractivity contribution in [2.24, 2.45) is 0 Å². The van der Waals surface area contributed by atoms with Crippen LogP contribution in [0.3, 0.4) is 0 Å². The molecule has 0 aromatic rings. The summed E-state index contributed by atoms with van der Waals surface area (Å²) in [6.07, 6.45) is -2.85. The third-order valence-corrected chi connectivity index (χ3v) is 3.07. The molecule has 10 nitrogen and oxygen atoms in total. The molecule has 0 rings (SSSR count). The van der Waals surface area contributed by atoms with Crippen LogP contribution in [0.25, 0.3) is 0 Å². The Bertz CT molecular complexity index is 542. The van der Waals surface area contributed by atoms with E-state index in [0.29, 0.717) is 0 Å². The summed E-state index contributed by atoms with van der Waals surface area (Å²) in [6.45, 7) is 5.54. The highest BCUT2D eigenvalue weighted by Crippen LogP contribution is 2.17. The number of carbonyl (C=O) groups excluding carboxylic acids is 5. The van der Waals surface area contributed by atoms with E-state index in [0.717, 1.165) is 13.8 Å². The van der Waals surface area contributed by atoms with Gasteiger partial charge in [0.25, 0.3) is 0 Å². The predicted octanol–water partition coefficient (Wildman–Crippen LogP) is 0.688. The summed E-state index contributed by atoms with van der Waals surface area (Å²) >= 11 is 0. The van der Waals surface area contributed by atoms with Crippen molar-refractivity contribution in [3.05, 3.63) is 0 Å². The third-order valence-electron chi connectivity index (χ3n) is 3.07. The van der Waals surface area contributed by atoms with E-state index in [4.69, 9.17) is 23.7 Å². The Hall–Kier alpha value is -2.65. The standard InChI is InChI=1S/C17H26O10/c1-10(18)23-7-6-15(25-12(3)20)8-16(26-13(4)21)17(27-14(5)22)9-24-11(2)19/h15-17H,6-9H2,1-5H3. The third kappa shape index (κ3) is 13.2. The first-order valence-corrected chi connectivity index (χ1v) is 8.29. The minimum atomic E-state index is -1.10. The minimum Gasteiger partial charge on any atom is -0.466 e. The summed E-state index contributed by atoms with van der Waals surface area (Å²) in [4.78, 5) is 56.1. The summed E-state index contributed by atoms with van der Waals surface area (Å²) in [5, 5.41) is 0. The number of carbonyl (C=O) groups is 5. The van der Waals surface area contributed by atoms with E-state index in [1.807, 2.05) is 0 Å². The van der Waals surface area contributed by atoms with Gasteiger partial charge in [0.15, 0.2) is 6.10 Å². The maximum atomic E-state index is 11.4. The zero-order valence-electron chi connectivity index (χ0n) is 16.1. The first-order valence-electron chi connectivity index (χ1n) is 8.29. The lowest BCUT2D eigenvalue weighted by Gasteiger charge is -2.28. The van der Waals surface area contributed by atoms with Gasteiger partial charge in [0, 0.05) is 47.5 Å². The van der Waals surface area contributed by atoms with E-state index in [1.54, 1.807) is 0 Å². The SMILES string of the molecule is CC(=O)OCCC(CC(OC(C)=O)C(COC(C)=O)OC(C)=O)OC(C)=O. The molecule has 0 aliphatic carbocycles. The summed E-state index contributed by atoms with van der Waals surface area (Å²) in [5.74, 6) is -3.04. The van der Waals surface area contributed by atoms with Crippen molar-refractivity contribution in [3.8, 4) is 0 Å². The lowest BCUT2D eigenvalue weighted by atomic mass is 10.0. The Labute approximate surface area is 157 Å². The Morgan fingerprint density at radius 2 is 1.11 bits per heavy atom. The Morgan fingerprint density at radius 1 is 0.630 bits per heavy atom. The number of hydrogen-bond acceptors (Lipinski definition) is 10. The summed E-state index contributed by atoms with van der Waals surface area (Å²) in [7, 11) is 0. The molecular formula is C17H26O10. The van der Waals surface area contributed by atoms with Crippen molar-refractivity contribution < 1.29 is 47.7 Å². The molecule has 0 saturated heterocycles. The van der Waals surface area contributed by atoms with Gasteiger partial charge in [0.2, 0.25) is 0 Å². The molecule has 3 unspecified atom stereocenters. The number of hydrogen-bond donors (Lipinski definition) is 0. The average molecular weight is 390 g/mol. The maximum absolute atomic E-state index is 11.4. The second-order valence-electron chi connectivity index (χ2n) is 5.69. The van der Waals surface area contributed by atoms with Crippen molar-refractivity contribution in [3.63, 3.8) is 0 Å². The fourth-order valence-electron chi connectivity index (χ4n) is 2.17. The molecule has 0 bridgehead atoms. The van der Waals surface area contributed by atoms with E-state index >= 15 is 0 Å². The van der Waals surface area contributed by atoms with Gasteiger partial charge in [-0.15, -0.1) is 0 Å². The first-order chi connectivity index (χ1) is 12.5. The lowest BCUT2D eigenvalue weighted by molar-refractivity contribution is -0.177. The van der Waals surface area contributed by atoms with E-state index in [1.165, 1.54) is 20.8 Å². The van der Waals surface area contributed by atoms with Crippen molar-refractivity contribution >= 4 is 29.8 Å². The van der Waals surface area contributed by atoms with Crippen molar-refractivity contribution in [2.45, 2.75) is 65.8 Å². The van der Waals surface area contributed by atoms with Crippen LogP contribution in [0, 0.1) is 0 Å². The second-order valence-corrected chi connectivity index (χ2v) is 5.69. The lowest BCUT2D eigenvalue weighted by Crippen LogP contribution is -2.41. The quantitative estimate of drug-likeness (QED) is 0.366. The first kappa shape index (κ1) is 24.4. The monoisotopic (exact) mass is 390 g/mol. The van der Waals surface area contributed by atoms with E-state index in [2.05, 4.69) is 0 Å². The van der Waals surface area contributed by atoms with E-state index in [9.17, 15) is 24.0 Å². The molecule has 0 aliphatic heterocycles. The van der Waals surface area contributed by atoms with Crippen LogP contribution in [0.4, 0.5) is 0 Å². The number of rotatable bonds is 11. The number of esters is 5. The molecule has 27 heavy (non-hydrogen) atoms. The molecule has 0 radical (unpaired) electrons. The molecule has 0 aromatic heterocycles. The van der Waals surface area contributed by atoms with Gasteiger partial charge in [0.05, 0.1) is 6.61 Å². The molecule has 10 heteroatoms. The van der Waals surface area contributed by atoms with Gasteiger partial charge in [-0.1, -0.05) is 0 Å². The second kappa shape index (κ2) is 12.7. The van der Waals surface area contributed by atoms with Crippen molar-refractivity contribution in [2.75, 3.05) is 13.2 Å². The minimum absolute atomic E-state index is 0.0255. The van der Waals surface area contributed by atoms with Crippen LogP contribution < -0.4 is 0 Å². The molecule has 0 aromatic carbocycles. The van der Waals surface area contributed by atoms with E-state index in [-0.39, 0.29) is 26.1 Å². The van der Waals surface area contributed by atoms with Gasteiger partial charge in [-0.05, 0) is 0 Å². The molecule has 0 aliphatic rings. The fourth-order valence-corrected chi connectivity index (χ4v) is 2.17. The largest absolute Gasteiger partial charge is 0.466 e. The van der Waals surface area contributed by atoms with Crippen LogP contribution >= 0.6 is 0 Å². The van der Waals surface area contributed by atoms with Gasteiger partial charge in [-0.25, -0.2) is 0 Å². The maximum Gasteiger partial charge on any atom is 0.303 e. The zero-order valence-corrected chi connectivity index (χ0v) is 16.1. The molecule has 0 saturated carbocycles. The highest BCUT2D eigenvalue weighted by Gasteiger charge is 2.32. The molecule has 0 heterocycles. The highest BCUT2D eigenvalue weighted by atomic mass is 16.6. The average Bonchev–Trinajstić information content (AvgIpc) is 2.48. The highest BCUT2D eigenvalue weighted by molar-refractivity contribution is 5.68. The van der Waals surface area contributed by atoms with Gasteiger partial charge in [-0.3, -0.25) is 24.0 Å². The molecule has 0 fully saturated rings. The van der Waals surface area contributed by atoms with E-state index < -0.39 is 48.2 Å². The molecular weight excluding hydrogens is 364 g/mol. The number of ether oxygens (including phenoxy) is 5. The molecule has 154 valence electrons. The van der Waals surface area contributed by atoms with Crippen LogP contribution in [0.5, 0.6) is 0 Å². The molecule has 0 spiro atoms. The summed E-state index contributed by atoms with van der Waals surface area (Å²) < 4.78 is 25.1. The van der Waals surface area contributed by atoms with Gasteiger partial charge >= 0.3 is 29.8 Å². The van der Waals surface area contributed by atoms with Gasteiger partial charge in [0.1, 0.15) is 18.8 Å². The summed E-state index contributed by atoms with van der Waals surface area (Å²) in [5.41, 5.74) is 0. The Balaban J connectivity index is 5.29. The van der Waals surface area contributed by atoms with Gasteiger partial charge in [-0.2, -0.15) is 0 Å². The van der Waals surface area contributed by atoms with Crippen LogP contribution in [0.2, 0.25) is 0 Å². The topological polar surface area (TPSA) is 132 Å². The van der Waals surface area contributed by atoms with Crippen LogP contribution in [0.15, 0.2) is 0 Å². The molecule has 0 N–H and O–H groups in total. The zero-order chi connectivity index (χ0) is 21.0. The van der Waals surface area contributed by atoms with Gasteiger partial charge < -0.3 is 23.7 Å². The normalized spacial score (nSPS) is 13.5. The summed E-state index contributed by atoms with van der Waals surface area (Å²) in [6, 6.07) is 0. The van der Waals surface area contributed by atoms with Crippen LogP contribution in [-0.4, -0.2) is 61.4 Å². The molecule has 0 amide bonds. The Kier molecular flexibility index (Phi) is 11.4. The van der Waals surface area contributed by atoms with Crippen molar-refractivity contribution in [1.82, 2.24) is 0 Å². The van der Waals surface area contributed by atoms with Crippen LogP contribution in [0.1, 0.15) is 47.5 Å². The predicted molar refractivity (Wildman–Crippen MR) is 89.2 cm³/mol. The fraction of sp³-hybridized carbons (Fsp3) is 0.706. The van der Waals surface area contributed by atoms with Crippen molar-refractivity contribution in [1.29, 1.82) is 0 Å². The smallest absolute Gasteiger partial charge is 0.303 e. The van der Waals surface area contributed by atoms with Crippen LogP contribution in [-0.2, 0) is 47.7 Å².